The Labute approximate surface area is 346 Å². The van der Waals surface area contributed by atoms with Gasteiger partial charge in [0.05, 0.1) is 22.8 Å². The number of nitrogens with zero attached hydrogens (tertiary/aromatic N) is 6. The van der Waals surface area contributed by atoms with E-state index in [4.69, 9.17) is 26.8 Å². The molecular weight excluding hydrogens is 797 g/mol. The van der Waals surface area contributed by atoms with Crippen molar-refractivity contribution in [1.82, 2.24) is 29.4 Å². The number of hydrogen-bond donors (Lipinski definition) is 2. The Balaban J connectivity index is 1.05. The maximum atomic E-state index is 14.1. The normalized spacial score (nSPS) is 19.4. The van der Waals surface area contributed by atoms with E-state index in [0.717, 1.165) is 17.3 Å². The number of likely N-dealkylation sites (tertiary alicyclic amines) is 2. The van der Waals surface area contributed by atoms with Crippen LogP contribution in [0, 0.1) is 0 Å². The number of halogens is 4. The highest BCUT2D eigenvalue weighted by molar-refractivity contribution is 6.33. The molecule has 0 spiro atoms. The molecule has 0 aliphatic carbocycles. The number of piperidine rings is 2. The van der Waals surface area contributed by atoms with Crippen LogP contribution in [-0.4, -0.2) is 164 Å². The summed E-state index contributed by atoms with van der Waals surface area (Å²) in [5.74, 6) is -1.29. The van der Waals surface area contributed by atoms with Gasteiger partial charge in [0.25, 0.3) is 11.8 Å². The van der Waals surface area contributed by atoms with Gasteiger partial charge in [0.2, 0.25) is 0 Å². The quantitative estimate of drug-likeness (QED) is 0.266. The van der Waals surface area contributed by atoms with Gasteiger partial charge in [0.1, 0.15) is 0 Å². The number of fused-ring (bicyclic) bond motifs is 1. The second-order valence-corrected chi connectivity index (χ2v) is 16.1. The van der Waals surface area contributed by atoms with Crippen LogP contribution < -0.4 is 11.1 Å². The second-order valence-electron chi connectivity index (χ2n) is 15.7. The molecule has 4 aliphatic rings. The van der Waals surface area contributed by atoms with Crippen LogP contribution >= 0.6 is 11.6 Å². The lowest BCUT2D eigenvalue weighted by molar-refractivity contribution is -0.152. The lowest BCUT2D eigenvalue weighted by atomic mass is 9.99. The highest BCUT2D eigenvalue weighted by Gasteiger charge is 2.38. The number of nitrogen functional groups attached to an aromatic ring is 1. The second kappa shape index (κ2) is 19.1. The number of alkyl halides is 3. The van der Waals surface area contributed by atoms with Crippen LogP contribution in [0.5, 0.6) is 0 Å². The number of rotatable bonds is 10. The first kappa shape index (κ1) is 43.8. The number of ether oxygens (including phenoxy) is 2. The summed E-state index contributed by atoms with van der Waals surface area (Å²) in [5, 5.41) is 2.65. The number of carbonyl (C=O) groups is 5. The highest BCUT2D eigenvalue weighted by atomic mass is 35.5. The first-order chi connectivity index (χ1) is 28.1. The molecule has 0 unspecified atom stereocenters. The Hall–Kier alpha value is -4.81. The molecule has 2 aromatic rings. The third-order valence-corrected chi connectivity index (χ3v) is 12.0. The summed E-state index contributed by atoms with van der Waals surface area (Å²) >= 11 is 6.13. The maximum absolute atomic E-state index is 14.1. The number of amides is 5. The van der Waals surface area contributed by atoms with Crippen LogP contribution in [0.15, 0.2) is 36.4 Å². The molecule has 3 fully saturated rings. The third-order valence-electron chi connectivity index (χ3n) is 11.6. The minimum atomic E-state index is -4.81. The van der Waals surface area contributed by atoms with E-state index < -0.39 is 41.5 Å². The molecule has 5 amide bonds. The van der Waals surface area contributed by atoms with Crippen molar-refractivity contribution in [1.29, 1.82) is 0 Å². The number of piperazine rings is 1. The number of esters is 1. The first-order valence-corrected chi connectivity index (χ1v) is 20.3. The summed E-state index contributed by atoms with van der Waals surface area (Å²) in [5.41, 5.74) is 5.76. The fourth-order valence-corrected chi connectivity index (χ4v) is 8.40. The first-order valence-electron chi connectivity index (χ1n) is 19.9. The van der Waals surface area contributed by atoms with E-state index in [0.29, 0.717) is 77.9 Å². The Bertz CT molecular complexity index is 1860. The van der Waals surface area contributed by atoms with Crippen LogP contribution in [0.2, 0.25) is 5.02 Å². The third kappa shape index (κ3) is 11.1. The number of likely N-dealkylation sites (N-methyl/N-ethyl adjacent to an activating group) is 1. The molecule has 0 radical (unpaired) electrons. The van der Waals surface area contributed by atoms with E-state index in [2.05, 4.69) is 10.2 Å². The number of nitrogens with two attached hydrogens (primary N) is 1. The van der Waals surface area contributed by atoms with Crippen LogP contribution in [0.4, 0.5) is 34.1 Å². The van der Waals surface area contributed by atoms with Gasteiger partial charge in [-0.15, -0.1) is 0 Å². The molecule has 322 valence electrons. The molecule has 3 N–H and O–H groups in total. The van der Waals surface area contributed by atoms with Gasteiger partial charge in [0.15, 0.2) is 12.7 Å². The SMILES string of the molecule is CN(C)C(=O)COC(=O)CN1CCN(C2CCN(C(=O)[C@@H](Cc3cc(Cl)c(N)c(C(F)(F)F)c3)OC(=O)N3CCC(N4CCc5ccccc5NC4=O)CC3)CC2)CC1. The average Bonchev–Trinajstić information content (AvgIpc) is 3.38. The summed E-state index contributed by atoms with van der Waals surface area (Å²) in [6.45, 7) is 4.10. The average molecular weight is 849 g/mol. The molecule has 2 aromatic carbocycles. The fraction of sp³-hybridized carbons (Fsp3) is 0.575. The summed E-state index contributed by atoms with van der Waals surface area (Å²) in [4.78, 5) is 75.4. The van der Waals surface area contributed by atoms with Crippen LogP contribution in [-0.2, 0) is 42.9 Å². The van der Waals surface area contributed by atoms with Gasteiger partial charge in [-0.25, -0.2) is 9.59 Å². The number of hydrogen-bond acceptors (Lipinski definition) is 10. The van der Waals surface area contributed by atoms with Crippen molar-refractivity contribution < 1.29 is 46.6 Å². The number of anilines is 2. The topological polar surface area (TPSA) is 161 Å². The largest absolute Gasteiger partial charge is 0.455 e. The number of carbonyl (C=O) groups excluding carboxylic acids is 5. The van der Waals surface area contributed by atoms with E-state index in [1.54, 1.807) is 23.9 Å². The number of para-hydroxylation sites is 1. The summed E-state index contributed by atoms with van der Waals surface area (Å²) < 4.78 is 52.7. The van der Waals surface area contributed by atoms with Crippen molar-refractivity contribution in [2.24, 2.45) is 0 Å². The van der Waals surface area contributed by atoms with Gasteiger partial charge in [0, 0.05) is 97.2 Å². The molecule has 0 bridgehead atoms. The number of nitrogens with one attached hydrogen (secondary N) is 1. The van der Waals surface area contributed by atoms with Crippen LogP contribution in [0.3, 0.4) is 0 Å². The van der Waals surface area contributed by atoms with Crippen molar-refractivity contribution in [3.8, 4) is 0 Å². The van der Waals surface area contributed by atoms with E-state index in [1.807, 2.05) is 29.2 Å². The zero-order chi connectivity index (χ0) is 42.4. The molecule has 19 heteroatoms. The molecular formula is C40H52ClF3N8O7. The minimum Gasteiger partial charge on any atom is -0.455 e. The standard InChI is InChI=1S/C40H52ClF3N8O7/c1-47(2)34(53)25-58-35(54)24-48-17-19-49(20-18-48)28-8-12-50(13-9-28)37(55)33(23-26-21-30(40(42,43)44)36(45)31(41)22-26)59-39(57)51-14-10-29(11-15-51)52-16-7-27-5-3-4-6-32(27)46-38(52)56/h3-6,21-22,28-29,33H,7-20,23-25,45H2,1-2H3,(H,46,56)/t33-/m1/s1. The minimum absolute atomic E-state index is 0.0375. The van der Waals surface area contributed by atoms with Gasteiger partial charge < -0.3 is 40.1 Å². The van der Waals surface area contributed by atoms with E-state index in [-0.39, 0.29) is 67.3 Å². The summed E-state index contributed by atoms with van der Waals surface area (Å²) in [6, 6.07) is 9.54. The van der Waals surface area contributed by atoms with Gasteiger partial charge in [-0.1, -0.05) is 29.8 Å². The van der Waals surface area contributed by atoms with Gasteiger partial charge in [-0.3, -0.25) is 24.2 Å². The summed E-state index contributed by atoms with van der Waals surface area (Å²) in [6.07, 6.45) is -4.50. The smallest absolute Gasteiger partial charge is 0.418 e. The van der Waals surface area contributed by atoms with Crippen molar-refractivity contribution >= 4 is 52.9 Å². The zero-order valence-electron chi connectivity index (χ0n) is 33.3. The summed E-state index contributed by atoms with van der Waals surface area (Å²) in [7, 11) is 3.17. The maximum Gasteiger partial charge on any atom is 0.418 e. The number of benzene rings is 2. The fourth-order valence-electron chi connectivity index (χ4n) is 8.16. The van der Waals surface area contributed by atoms with Crippen molar-refractivity contribution in [3.63, 3.8) is 0 Å². The van der Waals surface area contributed by atoms with E-state index >= 15 is 0 Å². The molecule has 59 heavy (non-hydrogen) atoms. The Morgan fingerprint density at radius 2 is 1.56 bits per heavy atom. The predicted octanol–water partition coefficient (Wildman–Crippen LogP) is 3.78. The van der Waals surface area contributed by atoms with Crippen LogP contribution in [0.1, 0.15) is 42.4 Å². The Morgan fingerprint density at radius 1 is 0.915 bits per heavy atom. The van der Waals surface area contributed by atoms with Crippen molar-refractivity contribution in [2.45, 2.75) is 62.9 Å². The van der Waals surface area contributed by atoms with Gasteiger partial charge >= 0.3 is 24.3 Å². The number of urea groups is 1. The molecule has 6 rings (SSSR count). The van der Waals surface area contributed by atoms with Crippen molar-refractivity contribution in [2.75, 3.05) is 97.2 Å². The molecule has 0 aromatic heterocycles. The van der Waals surface area contributed by atoms with Gasteiger partial charge in [-0.05, 0) is 61.4 Å². The predicted molar refractivity (Wildman–Crippen MR) is 213 cm³/mol. The lowest BCUT2D eigenvalue weighted by Crippen LogP contribution is -2.55. The van der Waals surface area contributed by atoms with E-state index in [1.165, 1.54) is 15.9 Å². The molecule has 4 heterocycles. The monoisotopic (exact) mass is 848 g/mol. The Kier molecular flexibility index (Phi) is 14.1. The molecule has 1 atom stereocenters. The molecule has 4 aliphatic heterocycles. The molecule has 15 nitrogen and oxygen atoms in total. The zero-order valence-corrected chi connectivity index (χ0v) is 34.1. The Morgan fingerprint density at radius 3 is 2.22 bits per heavy atom. The van der Waals surface area contributed by atoms with E-state index in [9.17, 15) is 37.1 Å². The lowest BCUT2D eigenvalue weighted by Gasteiger charge is -2.43. The highest BCUT2D eigenvalue weighted by Crippen LogP contribution is 2.38. The van der Waals surface area contributed by atoms with Gasteiger partial charge in [-0.2, -0.15) is 13.2 Å². The molecule has 0 saturated carbocycles. The van der Waals surface area contributed by atoms with Crippen LogP contribution in [0.25, 0.3) is 0 Å². The molecule has 3 saturated heterocycles. The van der Waals surface area contributed by atoms with Crippen molar-refractivity contribution in [3.05, 3.63) is 58.1 Å².